The quantitative estimate of drug-likeness (QED) is 0.743. The number of amides is 2. The predicted molar refractivity (Wildman–Crippen MR) is 80.1 cm³/mol. The third-order valence-electron chi connectivity index (χ3n) is 4.49. The van der Waals surface area contributed by atoms with Crippen LogP contribution >= 0.6 is 0 Å². The molecule has 1 atom stereocenters. The Kier molecular flexibility index (Phi) is 6.46. The van der Waals surface area contributed by atoms with Gasteiger partial charge in [0.1, 0.15) is 0 Å². The molecule has 0 heterocycles. The summed E-state index contributed by atoms with van der Waals surface area (Å²) in [6, 6.07) is 0. The summed E-state index contributed by atoms with van der Waals surface area (Å²) >= 11 is 0. The minimum Gasteiger partial charge on any atom is -0.359 e. The minimum atomic E-state index is -0.409. The van der Waals surface area contributed by atoms with Crippen LogP contribution in [0.15, 0.2) is 0 Å². The van der Waals surface area contributed by atoms with Crippen molar-refractivity contribution in [1.82, 2.24) is 10.2 Å². The van der Waals surface area contributed by atoms with E-state index < -0.39 is 5.41 Å². The molecule has 0 spiro atoms. The number of nitrogens with one attached hydrogen (secondary N) is 1. The Bertz CT molecular complexity index is 336. The molecule has 5 nitrogen and oxygen atoms in total. The van der Waals surface area contributed by atoms with Gasteiger partial charge in [-0.05, 0) is 12.8 Å². The van der Waals surface area contributed by atoms with Crippen molar-refractivity contribution in [2.24, 2.45) is 17.1 Å². The number of rotatable bonds is 5. The lowest BCUT2D eigenvalue weighted by atomic mass is 9.79. The summed E-state index contributed by atoms with van der Waals surface area (Å²) < 4.78 is 0. The highest BCUT2D eigenvalue weighted by Gasteiger charge is 2.39. The first-order valence-corrected chi connectivity index (χ1v) is 7.64. The first kappa shape index (κ1) is 17.0. The fourth-order valence-electron chi connectivity index (χ4n) is 3.14. The van der Waals surface area contributed by atoms with Crippen LogP contribution in [0.25, 0.3) is 0 Å². The van der Waals surface area contributed by atoms with Crippen molar-refractivity contribution in [3.63, 3.8) is 0 Å². The van der Waals surface area contributed by atoms with Crippen molar-refractivity contribution in [2.45, 2.75) is 45.4 Å². The molecular formula is C15H29N3O2. The molecule has 2 amide bonds. The van der Waals surface area contributed by atoms with Crippen LogP contribution < -0.4 is 11.1 Å². The first-order valence-electron chi connectivity index (χ1n) is 7.64. The number of hydrogen-bond acceptors (Lipinski definition) is 3. The number of carbonyl (C=O) groups is 2. The van der Waals surface area contributed by atoms with E-state index in [-0.39, 0.29) is 17.7 Å². The average molecular weight is 283 g/mol. The molecule has 116 valence electrons. The molecule has 5 heteroatoms. The molecule has 1 rings (SSSR count). The third-order valence-corrected chi connectivity index (χ3v) is 4.49. The Hall–Kier alpha value is -1.10. The predicted octanol–water partition coefficient (Wildman–Crippen LogP) is 1.13. The van der Waals surface area contributed by atoms with Crippen molar-refractivity contribution < 1.29 is 9.59 Å². The minimum absolute atomic E-state index is 0.0349. The summed E-state index contributed by atoms with van der Waals surface area (Å²) in [6.45, 7) is 2.69. The van der Waals surface area contributed by atoms with E-state index in [1.54, 1.807) is 19.0 Å². The van der Waals surface area contributed by atoms with Crippen molar-refractivity contribution in [3.05, 3.63) is 0 Å². The molecule has 1 fully saturated rings. The van der Waals surface area contributed by atoms with Gasteiger partial charge in [0.15, 0.2) is 0 Å². The van der Waals surface area contributed by atoms with Crippen molar-refractivity contribution in [2.75, 3.05) is 27.2 Å². The second-order valence-corrected chi connectivity index (χ2v) is 6.10. The molecule has 0 radical (unpaired) electrons. The molecule has 0 aromatic carbocycles. The number of carbonyl (C=O) groups excluding carboxylic acids is 2. The van der Waals surface area contributed by atoms with Crippen molar-refractivity contribution in [1.29, 1.82) is 0 Å². The molecular weight excluding hydrogens is 254 g/mol. The van der Waals surface area contributed by atoms with E-state index in [0.29, 0.717) is 13.1 Å². The molecule has 20 heavy (non-hydrogen) atoms. The normalized spacial score (nSPS) is 19.8. The first-order chi connectivity index (χ1) is 9.46. The van der Waals surface area contributed by atoms with Gasteiger partial charge in [-0.2, -0.15) is 0 Å². The molecule has 0 saturated heterocycles. The number of nitrogens with zero attached hydrogens (tertiary/aromatic N) is 1. The van der Waals surface area contributed by atoms with Crippen LogP contribution in [0.3, 0.4) is 0 Å². The topological polar surface area (TPSA) is 75.4 Å². The van der Waals surface area contributed by atoms with Gasteiger partial charge in [-0.25, -0.2) is 0 Å². The smallest absolute Gasteiger partial charge is 0.229 e. The van der Waals surface area contributed by atoms with Crippen molar-refractivity contribution >= 4 is 11.8 Å². The molecule has 0 aromatic heterocycles. The standard InChI is InChI=1S/C15H29N3O2/c1-12(13(19)17-2)10-18(3)14(20)15(11-16)8-6-4-5-7-9-15/h12H,4-11,16H2,1-3H3,(H,17,19). The van der Waals surface area contributed by atoms with Crippen LogP contribution in [0.1, 0.15) is 45.4 Å². The Balaban J connectivity index is 2.72. The van der Waals surface area contributed by atoms with Crippen LogP contribution in [-0.2, 0) is 9.59 Å². The van der Waals surface area contributed by atoms with E-state index in [9.17, 15) is 9.59 Å². The van der Waals surface area contributed by atoms with E-state index in [2.05, 4.69) is 5.32 Å². The van der Waals surface area contributed by atoms with E-state index in [4.69, 9.17) is 5.73 Å². The average Bonchev–Trinajstić information content (AvgIpc) is 2.71. The second-order valence-electron chi connectivity index (χ2n) is 6.10. The molecule has 1 unspecified atom stereocenters. The van der Waals surface area contributed by atoms with Gasteiger partial charge in [0.05, 0.1) is 11.3 Å². The maximum absolute atomic E-state index is 12.8. The highest BCUT2D eigenvalue weighted by atomic mass is 16.2. The second kappa shape index (κ2) is 7.62. The Morgan fingerprint density at radius 3 is 2.25 bits per heavy atom. The zero-order valence-electron chi connectivity index (χ0n) is 13.1. The molecule has 0 bridgehead atoms. The van der Waals surface area contributed by atoms with Crippen LogP contribution in [-0.4, -0.2) is 43.9 Å². The van der Waals surface area contributed by atoms with E-state index in [0.717, 1.165) is 25.7 Å². The van der Waals surface area contributed by atoms with Gasteiger partial charge in [-0.3, -0.25) is 9.59 Å². The lowest BCUT2D eigenvalue weighted by molar-refractivity contribution is -0.142. The van der Waals surface area contributed by atoms with Crippen LogP contribution in [0.5, 0.6) is 0 Å². The lowest BCUT2D eigenvalue weighted by Gasteiger charge is -2.35. The van der Waals surface area contributed by atoms with Gasteiger partial charge in [-0.15, -0.1) is 0 Å². The summed E-state index contributed by atoms with van der Waals surface area (Å²) in [5, 5.41) is 2.62. The SMILES string of the molecule is CNC(=O)C(C)CN(C)C(=O)C1(CN)CCCCCC1. The maximum atomic E-state index is 12.8. The number of nitrogens with two attached hydrogens (primary N) is 1. The summed E-state index contributed by atoms with van der Waals surface area (Å²) in [7, 11) is 3.40. The fraction of sp³-hybridized carbons (Fsp3) is 0.867. The number of hydrogen-bond donors (Lipinski definition) is 2. The molecule has 0 aromatic rings. The van der Waals surface area contributed by atoms with Gasteiger partial charge in [0.25, 0.3) is 0 Å². The monoisotopic (exact) mass is 283 g/mol. The highest BCUT2D eigenvalue weighted by molar-refractivity contribution is 5.84. The molecule has 1 saturated carbocycles. The summed E-state index contributed by atoms with van der Waals surface area (Å²) in [5.74, 6) is -0.125. The van der Waals surface area contributed by atoms with Crippen LogP contribution in [0, 0.1) is 11.3 Å². The third kappa shape index (κ3) is 3.95. The van der Waals surface area contributed by atoms with Gasteiger partial charge < -0.3 is 16.0 Å². The van der Waals surface area contributed by atoms with Crippen LogP contribution in [0.4, 0.5) is 0 Å². The van der Waals surface area contributed by atoms with Gasteiger partial charge in [-0.1, -0.05) is 32.6 Å². The largest absolute Gasteiger partial charge is 0.359 e. The van der Waals surface area contributed by atoms with Gasteiger partial charge >= 0.3 is 0 Å². The zero-order chi connectivity index (χ0) is 15.2. The lowest BCUT2D eigenvalue weighted by Crippen LogP contribution is -2.48. The highest BCUT2D eigenvalue weighted by Crippen LogP contribution is 2.35. The molecule has 0 aliphatic heterocycles. The summed E-state index contributed by atoms with van der Waals surface area (Å²) in [6.07, 6.45) is 6.27. The molecule has 1 aliphatic rings. The van der Waals surface area contributed by atoms with Gasteiger partial charge in [0.2, 0.25) is 11.8 Å². The Labute approximate surface area is 122 Å². The van der Waals surface area contributed by atoms with Gasteiger partial charge in [0, 0.05) is 27.2 Å². The molecule has 1 aliphatic carbocycles. The Morgan fingerprint density at radius 2 is 1.80 bits per heavy atom. The van der Waals surface area contributed by atoms with E-state index in [1.165, 1.54) is 12.8 Å². The van der Waals surface area contributed by atoms with E-state index in [1.807, 2.05) is 6.92 Å². The van der Waals surface area contributed by atoms with Crippen molar-refractivity contribution in [3.8, 4) is 0 Å². The van der Waals surface area contributed by atoms with E-state index >= 15 is 0 Å². The zero-order valence-corrected chi connectivity index (χ0v) is 13.1. The summed E-state index contributed by atoms with van der Waals surface area (Å²) in [5.41, 5.74) is 5.53. The maximum Gasteiger partial charge on any atom is 0.229 e. The fourth-order valence-corrected chi connectivity index (χ4v) is 3.14. The Morgan fingerprint density at radius 1 is 1.25 bits per heavy atom. The van der Waals surface area contributed by atoms with Crippen LogP contribution in [0.2, 0.25) is 0 Å². The molecule has 3 N–H and O–H groups in total. The summed E-state index contributed by atoms with van der Waals surface area (Å²) in [4.78, 5) is 26.0.